The standard InChI is InChI=1S/C13H21NO2/c1-2-16-13(6-3-4-7-13)12(14)9-11-5-8-15-10-11/h5,8,10,12H,2-4,6-7,9,14H2,1H3. The molecular weight excluding hydrogens is 202 g/mol. The van der Waals surface area contributed by atoms with E-state index in [0.29, 0.717) is 0 Å². The molecule has 1 atom stereocenters. The van der Waals surface area contributed by atoms with Gasteiger partial charge in [-0.2, -0.15) is 0 Å². The summed E-state index contributed by atoms with van der Waals surface area (Å²) in [5, 5.41) is 0. The molecule has 2 rings (SSSR count). The molecule has 1 unspecified atom stereocenters. The normalized spacial score (nSPS) is 21.1. The fourth-order valence-electron chi connectivity index (χ4n) is 2.73. The SMILES string of the molecule is CCOC1(C(N)Cc2ccoc2)CCCC1. The van der Waals surface area contributed by atoms with E-state index in [2.05, 4.69) is 0 Å². The molecule has 16 heavy (non-hydrogen) atoms. The zero-order valence-corrected chi connectivity index (χ0v) is 9.95. The average Bonchev–Trinajstić information content (AvgIpc) is 2.89. The molecule has 3 nitrogen and oxygen atoms in total. The Morgan fingerprint density at radius 3 is 2.81 bits per heavy atom. The second-order valence-corrected chi connectivity index (χ2v) is 4.65. The van der Waals surface area contributed by atoms with Crippen molar-refractivity contribution in [3.8, 4) is 0 Å². The van der Waals surface area contributed by atoms with Gasteiger partial charge in [0.2, 0.25) is 0 Å². The van der Waals surface area contributed by atoms with E-state index in [1.165, 1.54) is 18.4 Å². The monoisotopic (exact) mass is 223 g/mol. The van der Waals surface area contributed by atoms with Crippen LogP contribution < -0.4 is 5.73 Å². The van der Waals surface area contributed by atoms with Crippen molar-refractivity contribution in [1.82, 2.24) is 0 Å². The van der Waals surface area contributed by atoms with Crippen LogP contribution in [-0.4, -0.2) is 18.2 Å². The molecule has 0 aliphatic heterocycles. The molecule has 0 radical (unpaired) electrons. The van der Waals surface area contributed by atoms with Crippen LogP contribution in [0.25, 0.3) is 0 Å². The van der Waals surface area contributed by atoms with Crippen LogP contribution in [0.4, 0.5) is 0 Å². The van der Waals surface area contributed by atoms with Crippen LogP contribution >= 0.6 is 0 Å². The lowest BCUT2D eigenvalue weighted by Gasteiger charge is -2.35. The van der Waals surface area contributed by atoms with Gasteiger partial charge in [0.25, 0.3) is 0 Å². The highest BCUT2D eigenvalue weighted by atomic mass is 16.5. The summed E-state index contributed by atoms with van der Waals surface area (Å²) in [6.07, 6.45) is 8.98. The van der Waals surface area contributed by atoms with Crippen molar-refractivity contribution in [2.45, 2.75) is 50.7 Å². The van der Waals surface area contributed by atoms with Crippen LogP contribution in [0.15, 0.2) is 23.0 Å². The summed E-state index contributed by atoms with van der Waals surface area (Å²) in [6.45, 7) is 2.80. The van der Waals surface area contributed by atoms with Gasteiger partial charge in [-0.3, -0.25) is 0 Å². The van der Waals surface area contributed by atoms with Gasteiger partial charge in [-0.15, -0.1) is 0 Å². The molecule has 1 aromatic rings. The van der Waals surface area contributed by atoms with Gasteiger partial charge in [-0.05, 0) is 37.8 Å². The third-order valence-electron chi connectivity index (χ3n) is 3.59. The molecule has 0 aromatic carbocycles. The molecule has 90 valence electrons. The quantitative estimate of drug-likeness (QED) is 0.834. The molecule has 1 aliphatic carbocycles. The predicted octanol–water partition coefficient (Wildman–Crippen LogP) is 2.50. The van der Waals surface area contributed by atoms with Crippen LogP contribution in [0, 0.1) is 0 Å². The van der Waals surface area contributed by atoms with E-state index < -0.39 is 0 Å². The number of ether oxygens (including phenoxy) is 1. The summed E-state index contributed by atoms with van der Waals surface area (Å²) in [4.78, 5) is 0. The molecule has 2 N–H and O–H groups in total. The minimum Gasteiger partial charge on any atom is -0.472 e. The predicted molar refractivity (Wildman–Crippen MR) is 63.2 cm³/mol. The van der Waals surface area contributed by atoms with Crippen LogP contribution in [0.3, 0.4) is 0 Å². The first-order valence-electron chi connectivity index (χ1n) is 6.17. The summed E-state index contributed by atoms with van der Waals surface area (Å²) in [5.74, 6) is 0. The zero-order valence-electron chi connectivity index (χ0n) is 9.95. The van der Waals surface area contributed by atoms with Crippen molar-refractivity contribution in [3.05, 3.63) is 24.2 Å². The number of rotatable bonds is 5. The van der Waals surface area contributed by atoms with E-state index >= 15 is 0 Å². The summed E-state index contributed by atoms with van der Waals surface area (Å²) in [5.41, 5.74) is 7.40. The van der Waals surface area contributed by atoms with Crippen molar-refractivity contribution in [2.24, 2.45) is 5.73 Å². The molecule has 1 saturated carbocycles. The highest BCUT2D eigenvalue weighted by molar-refractivity contribution is 5.10. The molecule has 1 aromatic heterocycles. The Kier molecular flexibility index (Phi) is 3.66. The van der Waals surface area contributed by atoms with Crippen LogP contribution in [0.1, 0.15) is 38.2 Å². The van der Waals surface area contributed by atoms with Crippen LogP contribution in [-0.2, 0) is 11.2 Å². The third kappa shape index (κ3) is 2.30. The minimum absolute atomic E-state index is 0.0764. The minimum atomic E-state index is -0.0912. The Labute approximate surface area is 97.0 Å². The molecule has 0 spiro atoms. The lowest BCUT2D eigenvalue weighted by molar-refractivity contribution is -0.0525. The molecule has 1 aliphatic rings. The van der Waals surface area contributed by atoms with Gasteiger partial charge in [-0.25, -0.2) is 0 Å². The smallest absolute Gasteiger partial charge is 0.0935 e. The number of nitrogens with two attached hydrogens (primary N) is 1. The maximum atomic E-state index is 6.32. The summed E-state index contributed by atoms with van der Waals surface area (Å²) in [6, 6.07) is 2.06. The largest absolute Gasteiger partial charge is 0.472 e. The summed E-state index contributed by atoms with van der Waals surface area (Å²) in [7, 11) is 0. The van der Waals surface area contributed by atoms with E-state index in [0.717, 1.165) is 25.9 Å². The highest BCUT2D eigenvalue weighted by Crippen LogP contribution is 2.36. The zero-order chi connectivity index (χ0) is 11.4. The molecule has 0 amide bonds. The molecule has 0 saturated heterocycles. The van der Waals surface area contributed by atoms with E-state index in [1.807, 2.05) is 13.0 Å². The maximum absolute atomic E-state index is 6.32. The van der Waals surface area contributed by atoms with Gasteiger partial charge < -0.3 is 14.9 Å². The first kappa shape index (κ1) is 11.7. The van der Waals surface area contributed by atoms with Gasteiger partial charge in [0.1, 0.15) is 0 Å². The number of hydrogen-bond donors (Lipinski definition) is 1. The fraction of sp³-hybridized carbons (Fsp3) is 0.692. The summed E-state index contributed by atoms with van der Waals surface area (Å²) >= 11 is 0. The maximum Gasteiger partial charge on any atom is 0.0935 e. The number of hydrogen-bond acceptors (Lipinski definition) is 3. The molecule has 3 heteroatoms. The first-order valence-corrected chi connectivity index (χ1v) is 6.17. The molecule has 0 bridgehead atoms. The van der Waals surface area contributed by atoms with Gasteiger partial charge in [0.05, 0.1) is 18.1 Å². The second-order valence-electron chi connectivity index (χ2n) is 4.65. The van der Waals surface area contributed by atoms with Gasteiger partial charge in [0.15, 0.2) is 0 Å². The Morgan fingerprint density at radius 2 is 2.25 bits per heavy atom. The molecule has 1 fully saturated rings. The number of furan rings is 1. The second kappa shape index (κ2) is 5.02. The van der Waals surface area contributed by atoms with Crippen molar-refractivity contribution in [2.75, 3.05) is 6.61 Å². The topological polar surface area (TPSA) is 48.4 Å². The molecule has 1 heterocycles. The Hall–Kier alpha value is -0.800. The Balaban J connectivity index is 2.02. The average molecular weight is 223 g/mol. The van der Waals surface area contributed by atoms with Crippen LogP contribution in [0.2, 0.25) is 0 Å². The fourth-order valence-corrected chi connectivity index (χ4v) is 2.73. The van der Waals surface area contributed by atoms with Crippen LogP contribution in [0.5, 0.6) is 0 Å². The van der Waals surface area contributed by atoms with Crippen molar-refractivity contribution in [3.63, 3.8) is 0 Å². The Bertz CT molecular complexity index is 302. The van der Waals surface area contributed by atoms with E-state index in [-0.39, 0.29) is 11.6 Å². The lowest BCUT2D eigenvalue weighted by atomic mass is 9.88. The van der Waals surface area contributed by atoms with Crippen molar-refractivity contribution < 1.29 is 9.15 Å². The van der Waals surface area contributed by atoms with E-state index in [9.17, 15) is 0 Å². The first-order chi connectivity index (χ1) is 7.77. The Morgan fingerprint density at radius 1 is 1.50 bits per heavy atom. The highest BCUT2D eigenvalue weighted by Gasteiger charge is 2.40. The lowest BCUT2D eigenvalue weighted by Crippen LogP contribution is -2.49. The summed E-state index contributed by atoms with van der Waals surface area (Å²) < 4.78 is 11.0. The van der Waals surface area contributed by atoms with Crippen molar-refractivity contribution >= 4 is 0 Å². The van der Waals surface area contributed by atoms with Gasteiger partial charge in [-0.1, -0.05) is 12.8 Å². The van der Waals surface area contributed by atoms with E-state index in [4.69, 9.17) is 14.9 Å². The van der Waals surface area contributed by atoms with Gasteiger partial charge in [0, 0.05) is 12.6 Å². The van der Waals surface area contributed by atoms with E-state index in [1.54, 1.807) is 12.5 Å². The van der Waals surface area contributed by atoms with Gasteiger partial charge >= 0.3 is 0 Å². The molecular formula is C13H21NO2. The third-order valence-corrected chi connectivity index (χ3v) is 3.59. The van der Waals surface area contributed by atoms with Crippen molar-refractivity contribution in [1.29, 1.82) is 0 Å².